The molecule has 3 rings (SSSR count). The molecule has 1 fully saturated rings. The quantitative estimate of drug-likeness (QED) is 0.599. The van der Waals surface area contributed by atoms with Crippen molar-refractivity contribution in [1.29, 1.82) is 0 Å². The Balaban J connectivity index is 1.39. The molecular formula is C19H27N5O. The van der Waals surface area contributed by atoms with Gasteiger partial charge in [-0.1, -0.05) is 61.2 Å². The van der Waals surface area contributed by atoms with Crippen LogP contribution in [0.3, 0.4) is 0 Å². The lowest BCUT2D eigenvalue weighted by molar-refractivity contribution is 0.0948. The van der Waals surface area contributed by atoms with Crippen molar-refractivity contribution in [2.24, 2.45) is 0 Å². The number of amides is 1. The maximum atomic E-state index is 12.2. The van der Waals surface area contributed by atoms with Crippen LogP contribution in [0.2, 0.25) is 0 Å². The summed E-state index contributed by atoms with van der Waals surface area (Å²) in [4.78, 5) is 12.2. The second-order valence-electron chi connectivity index (χ2n) is 6.69. The second kappa shape index (κ2) is 9.32. The third kappa shape index (κ3) is 5.67. The third-order valence-electron chi connectivity index (χ3n) is 4.66. The lowest BCUT2D eigenvalue weighted by atomic mass is 10.1. The molecule has 6 heteroatoms. The lowest BCUT2D eigenvalue weighted by Crippen LogP contribution is -2.37. The molecule has 1 amide bonds. The zero-order valence-corrected chi connectivity index (χ0v) is 14.7. The molecule has 1 aliphatic rings. The van der Waals surface area contributed by atoms with E-state index < -0.39 is 0 Å². The van der Waals surface area contributed by atoms with Crippen LogP contribution in [0.15, 0.2) is 36.5 Å². The SMILES string of the molecule is O=C(NCCNC1CCCCCC1)c1cn(Cc2ccccc2)nn1. The summed E-state index contributed by atoms with van der Waals surface area (Å²) in [5, 5.41) is 14.5. The average Bonchev–Trinajstić information content (AvgIpc) is 2.94. The molecule has 6 nitrogen and oxygen atoms in total. The first-order valence-electron chi connectivity index (χ1n) is 9.27. The Morgan fingerprint density at radius 1 is 1.08 bits per heavy atom. The van der Waals surface area contributed by atoms with Crippen molar-refractivity contribution >= 4 is 5.91 Å². The van der Waals surface area contributed by atoms with E-state index in [0.29, 0.717) is 24.8 Å². The molecule has 2 N–H and O–H groups in total. The monoisotopic (exact) mass is 341 g/mol. The zero-order valence-electron chi connectivity index (χ0n) is 14.7. The number of nitrogens with one attached hydrogen (secondary N) is 2. The molecular weight excluding hydrogens is 314 g/mol. The number of carbonyl (C=O) groups excluding carboxylic acids is 1. The number of aromatic nitrogens is 3. The number of hydrogen-bond donors (Lipinski definition) is 2. The minimum atomic E-state index is -0.165. The summed E-state index contributed by atoms with van der Waals surface area (Å²) in [5.41, 5.74) is 1.50. The highest BCUT2D eigenvalue weighted by Gasteiger charge is 2.13. The fourth-order valence-electron chi connectivity index (χ4n) is 3.28. The maximum absolute atomic E-state index is 12.2. The number of rotatable bonds is 7. The van der Waals surface area contributed by atoms with Crippen LogP contribution in [0.1, 0.15) is 54.6 Å². The molecule has 134 valence electrons. The summed E-state index contributed by atoms with van der Waals surface area (Å²) < 4.78 is 1.69. The van der Waals surface area contributed by atoms with Crippen molar-refractivity contribution in [3.63, 3.8) is 0 Å². The molecule has 0 unspecified atom stereocenters. The first-order valence-corrected chi connectivity index (χ1v) is 9.27. The normalized spacial score (nSPS) is 15.7. The van der Waals surface area contributed by atoms with E-state index in [1.807, 2.05) is 30.3 Å². The molecule has 0 spiro atoms. The molecule has 0 aliphatic heterocycles. The number of carbonyl (C=O) groups is 1. The lowest BCUT2D eigenvalue weighted by Gasteiger charge is -2.16. The van der Waals surface area contributed by atoms with Gasteiger partial charge in [0.25, 0.3) is 5.91 Å². The molecule has 1 saturated carbocycles. The molecule has 0 saturated heterocycles. The Kier molecular flexibility index (Phi) is 6.56. The summed E-state index contributed by atoms with van der Waals surface area (Å²) in [5.74, 6) is -0.165. The van der Waals surface area contributed by atoms with Gasteiger partial charge in [0, 0.05) is 19.1 Å². The zero-order chi connectivity index (χ0) is 17.3. The van der Waals surface area contributed by atoms with E-state index >= 15 is 0 Å². The van der Waals surface area contributed by atoms with Gasteiger partial charge in [0.15, 0.2) is 5.69 Å². The summed E-state index contributed by atoms with van der Waals surface area (Å²) >= 11 is 0. The van der Waals surface area contributed by atoms with Gasteiger partial charge >= 0.3 is 0 Å². The predicted octanol–water partition coefficient (Wildman–Crippen LogP) is 2.37. The molecule has 0 radical (unpaired) electrons. The number of hydrogen-bond acceptors (Lipinski definition) is 4. The average molecular weight is 341 g/mol. The van der Waals surface area contributed by atoms with Gasteiger partial charge in [-0.15, -0.1) is 5.10 Å². The third-order valence-corrected chi connectivity index (χ3v) is 4.66. The first-order chi connectivity index (χ1) is 12.3. The van der Waals surface area contributed by atoms with Crippen molar-refractivity contribution in [3.05, 3.63) is 47.8 Å². The molecule has 1 aromatic carbocycles. The van der Waals surface area contributed by atoms with E-state index in [9.17, 15) is 4.79 Å². The van der Waals surface area contributed by atoms with Crippen molar-refractivity contribution < 1.29 is 4.79 Å². The van der Waals surface area contributed by atoms with Gasteiger partial charge in [0.05, 0.1) is 12.7 Å². The summed E-state index contributed by atoms with van der Waals surface area (Å²) in [6.45, 7) is 2.03. The molecule has 2 aromatic rings. The Labute approximate surface area is 149 Å². The van der Waals surface area contributed by atoms with Crippen LogP contribution < -0.4 is 10.6 Å². The van der Waals surface area contributed by atoms with Gasteiger partial charge in [0.2, 0.25) is 0 Å². The topological polar surface area (TPSA) is 71.8 Å². The fourth-order valence-corrected chi connectivity index (χ4v) is 3.28. The Bertz CT molecular complexity index is 647. The van der Waals surface area contributed by atoms with Crippen LogP contribution in [-0.2, 0) is 6.54 Å². The van der Waals surface area contributed by atoms with Crippen LogP contribution in [0.4, 0.5) is 0 Å². The van der Waals surface area contributed by atoms with Gasteiger partial charge in [-0.3, -0.25) is 4.79 Å². The first kappa shape index (κ1) is 17.6. The highest BCUT2D eigenvalue weighted by Crippen LogP contribution is 2.16. The summed E-state index contributed by atoms with van der Waals surface area (Å²) in [6, 6.07) is 10.6. The summed E-state index contributed by atoms with van der Waals surface area (Å²) in [6.07, 6.45) is 9.54. The van der Waals surface area contributed by atoms with Crippen molar-refractivity contribution in [2.75, 3.05) is 13.1 Å². The van der Waals surface area contributed by atoms with Crippen molar-refractivity contribution in [3.8, 4) is 0 Å². The van der Waals surface area contributed by atoms with E-state index in [4.69, 9.17) is 0 Å². The molecule has 25 heavy (non-hydrogen) atoms. The van der Waals surface area contributed by atoms with E-state index in [2.05, 4.69) is 20.9 Å². The van der Waals surface area contributed by atoms with Crippen LogP contribution in [0.25, 0.3) is 0 Å². The highest BCUT2D eigenvalue weighted by molar-refractivity contribution is 5.91. The van der Waals surface area contributed by atoms with Gasteiger partial charge < -0.3 is 10.6 Å². The Hall–Kier alpha value is -2.21. The summed E-state index contributed by atoms with van der Waals surface area (Å²) in [7, 11) is 0. The second-order valence-corrected chi connectivity index (χ2v) is 6.69. The molecule has 1 aliphatic carbocycles. The molecule has 0 bridgehead atoms. The fraction of sp³-hybridized carbons (Fsp3) is 0.526. The van der Waals surface area contributed by atoms with E-state index in [1.54, 1.807) is 10.9 Å². The van der Waals surface area contributed by atoms with Crippen molar-refractivity contribution in [1.82, 2.24) is 25.6 Å². The van der Waals surface area contributed by atoms with Crippen LogP contribution >= 0.6 is 0 Å². The minimum absolute atomic E-state index is 0.165. The van der Waals surface area contributed by atoms with E-state index in [0.717, 1.165) is 12.1 Å². The Morgan fingerprint density at radius 2 is 1.84 bits per heavy atom. The molecule has 0 atom stereocenters. The smallest absolute Gasteiger partial charge is 0.273 e. The Morgan fingerprint density at radius 3 is 2.60 bits per heavy atom. The standard InChI is InChI=1S/C19H27N5O/c25-19(21-13-12-20-17-10-6-1-2-7-11-17)18-15-24(23-22-18)14-16-8-4-3-5-9-16/h3-5,8-9,15,17,20H,1-2,6-7,10-14H2,(H,21,25). The molecule has 1 aromatic heterocycles. The largest absolute Gasteiger partial charge is 0.349 e. The maximum Gasteiger partial charge on any atom is 0.273 e. The van der Waals surface area contributed by atoms with Gasteiger partial charge in [-0.2, -0.15) is 0 Å². The highest BCUT2D eigenvalue weighted by atomic mass is 16.2. The van der Waals surface area contributed by atoms with E-state index in [1.165, 1.54) is 38.5 Å². The van der Waals surface area contributed by atoms with Crippen LogP contribution in [0, 0.1) is 0 Å². The van der Waals surface area contributed by atoms with Gasteiger partial charge in [0.1, 0.15) is 0 Å². The molecule has 1 heterocycles. The van der Waals surface area contributed by atoms with E-state index in [-0.39, 0.29) is 5.91 Å². The predicted molar refractivity (Wildman–Crippen MR) is 97.4 cm³/mol. The number of benzene rings is 1. The number of nitrogens with zero attached hydrogens (tertiary/aromatic N) is 3. The van der Waals surface area contributed by atoms with Crippen LogP contribution in [0.5, 0.6) is 0 Å². The minimum Gasteiger partial charge on any atom is -0.349 e. The van der Waals surface area contributed by atoms with Gasteiger partial charge in [-0.05, 0) is 18.4 Å². The van der Waals surface area contributed by atoms with Crippen LogP contribution in [-0.4, -0.2) is 40.0 Å². The van der Waals surface area contributed by atoms with Gasteiger partial charge in [-0.25, -0.2) is 4.68 Å². The van der Waals surface area contributed by atoms with Crippen molar-refractivity contribution in [2.45, 2.75) is 51.1 Å².